The second kappa shape index (κ2) is 7.81. The summed E-state index contributed by atoms with van der Waals surface area (Å²) in [4.78, 5) is 20.8. The number of halogens is 4. The van der Waals surface area contributed by atoms with Crippen molar-refractivity contribution in [2.75, 3.05) is 12.8 Å². The Kier molecular flexibility index (Phi) is 5.99. The Morgan fingerprint density at radius 3 is 2.48 bits per heavy atom. The number of hydrogen-bond donors (Lipinski definition) is 0. The topological polar surface area (TPSA) is 46.1 Å². The first-order chi connectivity index (χ1) is 11.7. The molecule has 1 unspecified atom stereocenters. The van der Waals surface area contributed by atoms with Crippen LogP contribution < -0.4 is 0 Å². The smallest absolute Gasteiger partial charge is 0.338 e. The molecule has 1 amide bonds. The minimum atomic E-state index is -4.56. The number of carbonyl (C=O) groups is 1. The number of thioether (sulfide) groups is 1. The van der Waals surface area contributed by atoms with E-state index in [2.05, 4.69) is 9.97 Å². The van der Waals surface area contributed by atoms with Crippen LogP contribution >= 0.6 is 11.8 Å². The summed E-state index contributed by atoms with van der Waals surface area (Å²) in [6.45, 7) is 1.77. The van der Waals surface area contributed by atoms with Crippen LogP contribution in [0.4, 0.5) is 17.6 Å². The van der Waals surface area contributed by atoms with Crippen molar-refractivity contribution in [1.82, 2.24) is 14.9 Å². The van der Waals surface area contributed by atoms with Gasteiger partial charge in [0.25, 0.3) is 0 Å². The lowest BCUT2D eigenvalue weighted by atomic mass is 10.1. The van der Waals surface area contributed by atoms with Crippen LogP contribution in [0.2, 0.25) is 0 Å². The Morgan fingerprint density at radius 1 is 1.24 bits per heavy atom. The number of nitrogens with zero attached hydrogens (tertiary/aromatic N) is 3. The summed E-state index contributed by atoms with van der Waals surface area (Å²) < 4.78 is 50.8. The lowest BCUT2D eigenvalue weighted by Crippen LogP contribution is -2.31. The molecule has 0 aliphatic rings. The highest BCUT2D eigenvalue weighted by Crippen LogP contribution is 2.28. The lowest BCUT2D eigenvalue weighted by molar-refractivity contribution is -0.141. The minimum absolute atomic E-state index is 0.108. The molecule has 1 aromatic heterocycles. The maximum absolute atomic E-state index is 13.0. The van der Waals surface area contributed by atoms with Gasteiger partial charge in [0.05, 0.1) is 11.8 Å². The number of benzene rings is 1. The molecule has 0 fully saturated rings. The van der Waals surface area contributed by atoms with Gasteiger partial charge in [-0.05, 0) is 30.7 Å². The summed E-state index contributed by atoms with van der Waals surface area (Å²) in [6.07, 6.45) is -3.55. The fraction of sp³-hybridized carbons (Fsp3) is 0.312. The highest BCUT2D eigenvalue weighted by Gasteiger charge is 2.32. The zero-order valence-corrected chi connectivity index (χ0v) is 14.2. The van der Waals surface area contributed by atoms with E-state index in [1.807, 2.05) is 0 Å². The lowest BCUT2D eigenvalue weighted by Gasteiger charge is -2.25. The highest BCUT2D eigenvalue weighted by molar-refractivity contribution is 7.99. The molecule has 134 valence electrons. The normalized spacial score (nSPS) is 12.7. The number of aromatic nitrogens is 2. The quantitative estimate of drug-likeness (QED) is 0.452. The van der Waals surface area contributed by atoms with Crippen LogP contribution in [0.5, 0.6) is 0 Å². The van der Waals surface area contributed by atoms with E-state index >= 15 is 0 Å². The van der Waals surface area contributed by atoms with Gasteiger partial charge in [0, 0.05) is 13.2 Å². The largest absolute Gasteiger partial charge is 0.433 e. The van der Waals surface area contributed by atoms with Gasteiger partial charge < -0.3 is 4.90 Å². The average molecular weight is 373 g/mol. The molecule has 0 saturated carbocycles. The SMILES string of the molecule is CC(c1ccc(F)cc1)N(C)C(=O)CSc1nccc(C(F)(F)F)n1. The second-order valence-corrected chi connectivity index (χ2v) is 6.19. The monoisotopic (exact) mass is 373 g/mol. The third-order valence-electron chi connectivity index (χ3n) is 3.58. The van der Waals surface area contributed by atoms with E-state index in [4.69, 9.17) is 0 Å². The molecule has 0 N–H and O–H groups in total. The van der Waals surface area contributed by atoms with Gasteiger partial charge in [0.1, 0.15) is 11.5 Å². The molecule has 4 nitrogen and oxygen atoms in total. The van der Waals surface area contributed by atoms with Crippen molar-refractivity contribution >= 4 is 17.7 Å². The summed E-state index contributed by atoms with van der Waals surface area (Å²) in [5.74, 6) is -0.784. The maximum atomic E-state index is 13.0. The second-order valence-electron chi connectivity index (χ2n) is 5.24. The van der Waals surface area contributed by atoms with Gasteiger partial charge >= 0.3 is 6.18 Å². The van der Waals surface area contributed by atoms with Crippen molar-refractivity contribution in [3.63, 3.8) is 0 Å². The zero-order chi connectivity index (χ0) is 18.6. The van der Waals surface area contributed by atoms with Crippen LogP contribution in [0.1, 0.15) is 24.2 Å². The van der Waals surface area contributed by atoms with Crippen molar-refractivity contribution < 1.29 is 22.4 Å². The molecule has 1 heterocycles. The summed E-state index contributed by atoms with van der Waals surface area (Å²) >= 11 is 0.829. The molecule has 25 heavy (non-hydrogen) atoms. The van der Waals surface area contributed by atoms with Crippen LogP contribution in [-0.2, 0) is 11.0 Å². The molecule has 2 rings (SSSR count). The molecule has 0 radical (unpaired) electrons. The van der Waals surface area contributed by atoms with E-state index in [0.717, 1.165) is 29.6 Å². The van der Waals surface area contributed by atoms with Crippen LogP contribution in [0.15, 0.2) is 41.7 Å². The number of carbonyl (C=O) groups excluding carboxylic acids is 1. The standard InChI is InChI=1S/C16H15F4N3OS/c1-10(11-3-5-12(17)6-4-11)23(2)14(24)9-25-15-21-8-7-13(22-15)16(18,19)20/h3-8,10H,9H2,1-2H3. The summed E-state index contributed by atoms with van der Waals surface area (Å²) in [7, 11) is 1.57. The van der Waals surface area contributed by atoms with Gasteiger partial charge in [-0.2, -0.15) is 13.2 Å². The van der Waals surface area contributed by atoms with Crippen molar-refractivity contribution in [3.8, 4) is 0 Å². The van der Waals surface area contributed by atoms with E-state index in [0.29, 0.717) is 0 Å². The van der Waals surface area contributed by atoms with E-state index in [-0.39, 0.29) is 28.7 Å². The van der Waals surface area contributed by atoms with Crippen molar-refractivity contribution in [2.45, 2.75) is 24.3 Å². The van der Waals surface area contributed by atoms with E-state index in [1.165, 1.54) is 17.0 Å². The van der Waals surface area contributed by atoms with Gasteiger partial charge in [0.2, 0.25) is 5.91 Å². The predicted molar refractivity (Wildman–Crippen MR) is 85.3 cm³/mol. The third kappa shape index (κ3) is 5.15. The van der Waals surface area contributed by atoms with Crippen molar-refractivity contribution in [1.29, 1.82) is 0 Å². The molecule has 1 atom stereocenters. The molecular formula is C16H15F4N3OS. The van der Waals surface area contributed by atoms with Gasteiger partial charge in [-0.3, -0.25) is 4.79 Å². The summed E-state index contributed by atoms with van der Waals surface area (Å²) in [6, 6.07) is 6.22. The van der Waals surface area contributed by atoms with Gasteiger partial charge in [-0.1, -0.05) is 23.9 Å². The molecule has 0 spiro atoms. The molecule has 0 saturated heterocycles. The molecule has 0 aliphatic heterocycles. The Hall–Kier alpha value is -2.16. The first-order valence-electron chi connectivity index (χ1n) is 7.22. The number of alkyl halides is 3. The molecular weight excluding hydrogens is 358 g/mol. The predicted octanol–water partition coefficient (Wildman–Crippen LogP) is 3.95. The summed E-state index contributed by atoms with van der Waals surface area (Å²) in [5.41, 5.74) is -0.303. The Bertz CT molecular complexity index is 737. The minimum Gasteiger partial charge on any atom is -0.338 e. The van der Waals surface area contributed by atoms with E-state index in [1.54, 1.807) is 26.1 Å². The molecule has 2 aromatic rings. The first kappa shape index (κ1) is 19.2. The van der Waals surface area contributed by atoms with Gasteiger partial charge in [0.15, 0.2) is 5.16 Å². The van der Waals surface area contributed by atoms with Gasteiger partial charge in [-0.15, -0.1) is 0 Å². The van der Waals surface area contributed by atoms with Crippen molar-refractivity contribution in [2.24, 2.45) is 0 Å². The highest BCUT2D eigenvalue weighted by atomic mass is 32.2. The van der Waals surface area contributed by atoms with Crippen LogP contribution in [0, 0.1) is 5.82 Å². The van der Waals surface area contributed by atoms with E-state index < -0.39 is 11.9 Å². The zero-order valence-electron chi connectivity index (χ0n) is 13.4. The number of hydrogen-bond acceptors (Lipinski definition) is 4. The van der Waals surface area contributed by atoms with E-state index in [9.17, 15) is 22.4 Å². The first-order valence-corrected chi connectivity index (χ1v) is 8.21. The Morgan fingerprint density at radius 2 is 1.88 bits per heavy atom. The third-order valence-corrected chi connectivity index (χ3v) is 4.42. The van der Waals surface area contributed by atoms with Crippen LogP contribution in [0.25, 0.3) is 0 Å². The molecule has 0 aliphatic carbocycles. The fourth-order valence-corrected chi connectivity index (χ4v) is 2.73. The maximum Gasteiger partial charge on any atom is 0.433 e. The number of amides is 1. The summed E-state index contributed by atoms with van der Waals surface area (Å²) in [5, 5.41) is -0.119. The molecule has 1 aromatic carbocycles. The molecule has 9 heteroatoms. The Labute approximate surface area is 146 Å². The fourth-order valence-electron chi connectivity index (χ4n) is 1.98. The Balaban J connectivity index is 1.98. The van der Waals surface area contributed by atoms with Crippen LogP contribution in [0.3, 0.4) is 0 Å². The van der Waals surface area contributed by atoms with Crippen molar-refractivity contribution in [3.05, 3.63) is 53.6 Å². The molecule has 0 bridgehead atoms. The van der Waals surface area contributed by atoms with Gasteiger partial charge in [-0.25, -0.2) is 14.4 Å². The average Bonchev–Trinajstić information content (AvgIpc) is 2.58. The van der Waals surface area contributed by atoms with Crippen LogP contribution in [-0.4, -0.2) is 33.6 Å². The number of rotatable bonds is 5.